The van der Waals surface area contributed by atoms with E-state index < -0.39 is 12.1 Å². The van der Waals surface area contributed by atoms with Crippen LogP contribution in [0.4, 0.5) is 4.79 Å². The lowest BCUT2D eigenvalue weighted by Crippen LogP contribution is -2.32. The first-order valence-corrected chi connectivity index (χ1v) is 9.50. The molecule has 2 N–H and O–H groups in total. The van der Waals surface area contributed by atoms with E-state index in [1.54, 1.807) is 30.6 Å². The van der Waals surface area contributed by atoms with Crippen molar-refractivity contribution >= 4 is 17.8 Å². The summed E-state index contributed by atoms with van der Waals surface area (Å²) >= 11 is 0. The van der Waals surface area contributed by atoms with E-state index in [0.29, 0.717) is 18.0 Å². The predicted molar refractivity (Wildman–Crippen MR) is 108 cm³/mol. The molecule has 30 heavy (non-hydrogen) atoms. The molecule has 1 aromatic carbocycles. The molecule has 1 atom stereocenters. The van der Waals surface area contributed by atoms with Crippen molar-refractivity contribution in [1.29, 1.82) is 0 Å². The first-order chi connectivity index (χ1) is 14.5. The topological polar surface area (TPSA) is 110 Å². The second-order valence-corrected chi connectivity index (χ2v) is 6.79. The number of carbonyl (C=O) groups is 3. The van der Waals surface area contributed by atoms with E-state index in [1.165, 1.54) is 14.2 Å². The van der Waals surface area contributed by atoms with Gasteiger partial charge in [-0.2, -0.15) is 0 Å². The Labute approximate surface area is 174 Å². The standard InChI is InChI=1S/C21H24N4O5/c1-29-17-5-3-15(11-18(17)30-2)13-25-20(27)16(24-21(25)28)4-6-19(26)23-12-14-7-9-22-10-8-14/h3,5,7-11,16H,4,6,12-13H2,1-2H3,(H,23,26)(H,24,28)/t16-/m0/s1. The van der Waals surface area contributed by atoms with Crippen molar-refractivity contribution in [2.75, 3.05) is 14.2 Å². The number of imide groups is 1. The number of urea groups is 1. The molecule has 1 aliphatic heterocycles. The summed E-state index contributed by atoms with van der Waals surface area (Å²) in [6, 6.07) is 7.64. The molecule has 0 aliphatic carbocycles. The minimum Gasteiger partial charge on any atom is -0.493 e. The van der Waals surface area contributed by atoms with Crippen LogP contribution in [-0.4, -0.2) is 48.0 Å². The van der Waals surface area contributed by atoms with Crippen LogP contribution < -0.4 is 20.1 Å². The fraction of sp³-hybridized carbons (Fsp3) is 0.333. The number of rotatable bonds is 9. The molecule has 9 heteroatoms. The van der Waals surface area contributed by atoms with Crippen LogP contribution in [0.15, 0.2) is 42.7 Å². The van der Waals surface area contributed by atoms with Gasteiger partial charge in [-0.3, -0.25) is 19.5 Å². The lowest BCUT2D eigenvalue weighted by Gasteiger charge is -2.15. The van der Waals surface area contributed by atoms with Crippen molar-refractivity contribution in [3.05, 3.63) is 53.9 Å². The van der Waals surface area contributed by atoms with E-state index >= 15 is 0 Å². The molecule has 1 fully saturated rings. The summed E-state index contributed by atoms with van der Waals surface area (Å²) in [6.45, 7) is 0.494. The Hall–Kier alpha value is -3.62. The molecule has 1 aromatic heterocycles. The van der Waals surface area contributed by atoms with E-state index in [0.717, 1.165) is 16.0 Å². The van der Waals surface area contributed by atoms with Crippen molar-refractivity contribution < 1.29 is 23.9 Å². The summed E-state index contributed by atoms with van der Waals surface area (Å²) in [7, 11) is 3.05. The lowest BCUT2D eigenvalue weighted by molar-refractivity contribution is -0.128. The third-order valence-electron chi connectivity index (χ3n) is 4.79. The number of carbonyl (C=O) groups excluding carboxylic acids is 3. The van der Waals surface area contributed by atoms with Crippen molar-refractivity contribution in [2.45, 2.75) is 32.0 Å². The van der Waals surface area contributed by atoms with Gasteiger partial charge < -0.3 is 20.1 Å². The number of pyridine rings is 1. The predicted octanol–water partition coefficient (Wildman–Crippen LogP) is 1.62. The van der Waals surface area contributed by atoms with Crippen LogP contribution in [-0.2, 0) is 22.7 Å². The fourth-order valence-electron chi connectivity index (χ4n) is 3.15. The number of aromatic nitrogens is 1. The maximum absolute atomic E-state index is 12.6. The van der Waals surface area contributed by atoms with Crippen LogP contribution in [0, 0.1) is 0 Å². The van der Waals surface area contributed by atoms with Gasteiger partial charge in [-0.05, 0) is 41.8 Å². The van der Waals surface area contributed by atoms with Gasteiger partial charge in [-0.15, -0.1) is 0 Å². The third kappa shape index (κ3) is 5.05. The minimum atomic E-state index is -0.718. The number of methoxy groups -OCH3 is 2. The Morgan fingerprint density at radius 2 is 1.83 bits per heavy atom. The minimum absolute atomic E-state index is 0.107. The number of hydrogen-bond acceptors (Lipinski definition) is 6. The maximum atomic E-state index is 12.6. The first-order valence-electron chi connectivity index (χ1n) is 9.50. The largest absolute Gasteiger partial charge is 0.493 e. The zero-order valence-corrected chi connectivity index (χ0v) is 16.9. The summed E-state index contributed by atoms with van der Waals surface area (Å²) in [5.41, 5.74) is 1.66. The molecule has 0 saturated carbocycles. The average molecular weight is 412 g/mol. The zero-order valence-electron chi connectivity index (χ0n) is 16.9. The second kappa shape index (κ2) is 9.73. The SMILES string of the molecule is COc1ccc(CN2C(=O)N[C@@H](CCC(=O)NCc3ccncc3)C2=O)cc1OC. The molecule has 1 saturated heterocycles. The lowest BCUT2D eigenvalue weighted by atomic mass is 10.1. The monoisotopic (exact) mass is 412 g/mol. The smallest absolute Gasteiger partial charge is 0.325 e. The van der Waals surface area contributed by atoms with Crippen LogP contribution in [0.1, 0.15) is 24.0 Å². The molecule has 3 rings (SSSR count). The number of nitrogens with zero attached hydrogens (tertiary/aromatic N) is 2. The van der Waals surface area contributed by atoms with Gasteiger partial charge in [0.2, 0.25) is 5.91 Å². The van der Waals surface area contributed by atoms with Gasteiger partial charge >= 0.3 is 6.03 Å². The number of nitrogens with one attached hydrogen (secondary N) is 2. The number of benzene rings is 1. The number of hydrogen-bond donors (Lipinski definition) is 2. The van der Waals surface area contributed by atoms with Gasteiger partial charge in [0.1, 0.15) is 6.04 Å². The molecular formula is C21H24N4O5. The Bertz CT molecular complexity index is 919. The van der Waals surface area contributed by atoms with Crippen molar-refractivity contribution in [3.63, 3.8) is 0 Å². The Balaban J connectivity index is 1.52. The molecule has 2 heterocycles. The van der Waals surface area contributed by atoms with Gasteiger partial charge in [0, 0.05) is 25.4 Å². The average Bonchev–Trinajstić information content (AvgIpc) is 3.04. The molecule has 2 aromatic rings. The van der Waals surface area contributed by atoms with E-state index in [-0.39, 0.29) is 31.2 Å². The summed E-state index contributed by atoms with van der Waals surface area (Å²) < 4.78 is 10.5. The third-order valence-corrected chi connectivity index (χ3v) is 4.79. The highest BCUT2D eigenvalue weighted by Gasteiger charge is 2.37. The highest BCUT2D eigenvalue weighted by Crippen LogP contribution is 2.28. The quantitative estimate of drug-likeness (QED) is 0.606. The highest BCUT2D eigenvalue weighted by molar-refractivity contribution is 6.04. The van der Waals surface area contributed by atoms with E-state index in [1.807, 2.05) is 12.1 Å². The molecule has 0 radical (unpaired) electrons. The van der Waals surface area contributed by atoms with Gasteiger partial charge in [0.25, 0.3) is 5.91 Å². The van der Waals surface area contributed by atoms with Crippen LogP contribution in [0.25, 0.3) is 0 Å². The van der Waals surface area contributed by atoms with Gasteiger partial charge in [0.15, 0.2) is 11.5 Å². The number of amides is 4. The van der Waals surface area contributed by atoms with Crippen molar-refractivity contribution in [3.8, 4) is 11.5 Å². The fourth-order valence-corrected chi connectivity index (χ4v) is 3.15. The maximum Gasteiger partial charge on any atom is 0.325 e. The van der Waals surface area contributed by atoms with E-state index in [4.69, 9.17) is 9.47 Å². The Morgan fingerprint density at radius 3 is 2.53 bits per heavy atom. The Kier molecular flexibility index (Phi) is 6.84. The number of ether oxygens (including phenoxy) is 2. The zero-order chi connectivity index (χ0) is 21.5. The van der Waals surface area contributed by atoms with Crippen LogP contribution in [0.5, 0.6) is 11.5 Å². The van der Waals surface area contributed by atoms with Gasteiger partial charge in [0.05, 0.1) is 20.8 Å². The summed E-state index contributed by atoms with van der Waals surface area (Å²) in [5.74, 6) is 0.544. The van der Waals surface area contributed by atoms with Crippen LogP contribution >= 0.6 is 0 Å². The Morgan fingerprint density at radius 1 is 1.10 bits per heavy atom. The summed E-state index contributed by atoms with van der Waals surface area (Å²) in [6.07, 6.45) is 3.67. The first kappa shape index (κ1) is 21.1. The molecule has 4 amide bonds. The normalized spacial score (nSPS) is 15.7. The van der Waals surface area contributed by atoms with Crippen LogP contribution in [0.3, 0.4) is 0 Å². The van der Waals surface area contributed by atoms with Crippen molar-refractivity contribution in [1.82, 2.24) is 20.5 Å². The van der Waals surface area contributed by atoms with E-state index in [9.17, 15) is 14.4 Å². The molecule has 0 spiro atoms. The van der Waals surface area contributed by atoms with Gasteiger partial charge in [-0.25, -0.2) is 4.79 Å². The van der Waals surface area contributed by atoms with Crippen molar-refractivity contribution in [2.24, 2.45) is 0 Å². The molecular weight excluding hydrogens is 388 g/mol. The second-order valence-electron chi connectivity index (χ2n) is 6.79. The molecule has 1 aliphatic rings. The summed E-state index contributed by atoms with van der Waals surface area (Å²) in [5, 5.41) is 5.44. The molecule has 9 nitrogen and oxygen atoms in total. The highest BCUT2D eigenvalue weighted by atomic mass is 16.5. The molecule has 0 unspecified atom stereocenters. The van der Waals surface area contributed by atoms with Crippen LogP contribution in [0.2, 0.25) is 0 Å². The molecule has 158 valence electrons. The summed E-state index contributed by atoms with van der Waals surface area (Å²) in [4.78, 5) is 42.0. The van der Waals surface area contributed by atoms with E-state index in [2.05, 4.69) is 15.6 Å². The molecule has 0 bridgehead atoms. The van der Waals surface area contributed by atoms with Gasteiger partial charge in [-0.1, -0.05) is 6.07 Å².